The van der Waals surface area contributed by atoms with E-state index in [-0.39, 0.29) is 11.8 Å². The zero-order chi connectivity index (χ0) is 15.5. The molecule has 0 saturated heterocycles. The molecule has 0 aliphatic carbocycles. The lowest BCUT2D eigenvalue weighted by Gasteiger charge is -2.11. The Morgan fingerprint density at radius 1 is 1.09 bits per heavy atom. The van der Waals surface area contributed by atoms with Gasteiger partial charge in [-0.2, -0.15) is 0 Å². The molecule has 0 unspecified atom stereocenters. The van der Waals surface area contributed by atoms with Crippen LogP contribution in [0.15, 0.2) is 48.5 Å². The van der Waals surface area contributed by atoms with Crippen LogP contribution in [0, 0.1) is 0 Å². The third-order valence-corrected chi connectivity index (χ3v) is 3.58. The molecule has 0 saturated carbocycles. The number of amides is 2. The molecule has 1 aliphatic heterocycles. The molecule has 2 N–H and O–H groups in total. The van der Waals surface area contributed by atoms with Crippen LogP contribution in [0.2, 0.25) is 0 Å². The van der Waals surface area contributed by atoms with Gasteiger partial charge in [0.05, 0.1) is 0 Å². The molecular weight excluding hydrogens is 280 g/mol. The van der Waals surface area contributed by atoms with Crippen LogP contribution in [0.4, 0.5) is 5.69 Å². The number of hydrogen-bond donors (Lipinski definition) is 2. The minimum atomic E-state index is -0.518. The number of fused-ring (bicyclic) bond motifs is 1. The molecule has 112 valence electrons. The van der Waals surface area contributed by atoms with Crippen LogP contribution in [-0.4, -0.2) is 25.0 Å². The zero-order valence-electron chi connectivity index (χ0n) is 12.1. The lowest BCUT2D eigenvalue weighted by atomic mass is 10.1. The number of ether oxygens (including phenoxy) is 1. The molecule has 2 amide bonds. The summed E-state index contributed by atoms with van der Waals surface area (Å²) in [5.41, 5.74) is 2.22. The van der Waals surface area contributed by atoms with Crippen LogP contribution >= 0.6 is 0 Å². The third-order valence-electron chi connectivity index (χ3n) is 3.58. The molecule has 3 rings (SSSR count). The average Bonchev–Trinajstić information content (AvgIpc) is 2.99. The summed E-state index contributed by atoms with van der Waals surface area (Å²) < 4.78 is 5.64. The summed E-state index contributed by atoms with van der Waals surface area (Å²) in [6.07, 6.45) is 0.0502. The molecule has 1 atom stereocenters. The number of hydrogen-bond acceptors (Lipinski definition) is 3. The zero-order valence-corrected chi connectivity index (χ0v) is 12.1. The lowest BCUT2D eigenvalue weighted by molar-refractivity contribution is -0.122. The van der Waals surface area contributed by atoms with Gasteiger partial charge in [-0.1, -0.05) is 18.2 Å². The number of benzene rings is 2. The van der Waals surface area contributed by atoms with E-state index in [4.69, 9.17) is 4.74 Å². The first-order chi connectivity index (χ1) is 10.7. The molecular formula is C17H16N2O3. The number of carbonyl (C=O) groups is 2. The van der Waals surface area contributed by atoms with Gasteiger partial charge in [0.25, 0.3) is 11.8 Å². The van der Waals surface area contributed by atoms with Crippen LogP contribution in [-0.2, 0) is 11.2 Å². The topological polar surface area (TPSA) is 67.4 Å². The van der Waals surface area contributed by atoms with Gasteiger partial charge >= 0.3 is 0 Å². The monoisotopic (exact) mass is 296 g/mol. The molecule has 0 fully saturated rings. The van der Waals surface area contributed by atoms with Crippen molar-refractivity contribution in [3.05, 3.63) is 59.7 Å². The standard InChI is InChI=1S/C17H16N2O3/c1-18-16(20)11-6-8-13(9-7-11)19-17(21)15-10-12-4-2-3-5-14(12)22-15/h2-9,15H,10H2,1H3,(H,18,20)(H,19,21)/t15-/m0/s1. The van der Waals surface area contributed by atoms with Crippen LogP contribution in [0.5, 0.6) is 5.75 Å². The highest BCUT2D eigenvalue weighted by Crippen LogP contribution is 2.28. The highest BCUT2D eigenvalue weighted by Gasteiger charge is 2.28. The largest absolute Gasteiger partial charge is 0.480 e. The summed E-state index contributed by atoms with van der Waals surface area (Å²) >= 11 is 0. The predicted molar refractivity (Wildman–Crippen MR) is 83.0 cm³/mol. The second-order valence-corrected chi connectivity index (χ2v) is 5.06. The summed E-state index contributed by atoms with van der Waals surface area (Å²) in [7, 11) is 1.58. The molecule has 1 heterocycles. The van der Waals surface area contributed by atoms with E-state index >= 15 is 0 Å². The fourth-order valence-corrected chi connectivity index (χ4v) is 2.40. The molecule has 5 heteroatoms. The van der Waals surface area contributed by atoms with Gasteiger partial charge in [0.1, 0.15) is 5.75 Å². The molecule has 5 nitrogen and oxygen atoms in total. The van der Waals surface area contributed by atoms with Crippen molar-refractivity contribution in [3.63, 3.8) is 0 Å². The maximum Gasteiger partial charge on any atom is 0.265 e. The second kappa shape index (κ2) is 5.89. The minimum Gasteiger partial charge on any atom is -0.480 e. The van der Waals surface area contributed by atoms with Crippen molar-refractivity contribution in [2.24, 2.45) is 0 Å². The number of nitrogens with one attached hydrogen (secondary N) is 2. The van der Waals surface area contributed by atoms with Crippen LogP contribution in [0.3, 0.4) is 0 Å². The molecule has 0 bridgehead atoms. The SMILES string of the molecule is CNC(=O)c1ccc(NC(=O)[C@@H]2Cc3ccccc3O2)cc1. The number of anilines is 1. The Hall–Kier alpha value is -2.82. The van der Waals surface area contributed by atoms with Crippen molar-refractivity contribution < 1.29 is 14.3 Å². The quantitative estimate of drug-likeness (QED) is 0.910. The van der Waals surface area contributed by atoms with Crippen molar-refractivity contribution in [1.29, 1.82) is 0 Å². The van der Waals surface area contributed by atoms with E-state index in [9.17, 15) is 9.59 Å². The van der Waals surface area contributed by atoms with Crippen molar-refractivity contribution in [2.45, 2.75) is 12.5 Å². The summed E-state index contributed by atoms with van der Waals surface area (Å²) in [6.45, 7) is 0. The normalized spacial score (nSPS) is 15.6. The summed E-state index contributed by atoms with van der Waals surface area (Å²) in [5, 5.41) is 5.36. The van der Waals surface area contributed by atoms with Gasteiger partial charge in [0.2, 0.25) is 0 Å². The van der Waals surface area contributed by atoms with Crippen molar-refractivity contribution >= 4 is 17.5 Å². The summed E-state index contributed by atoms with van der Waals surface area (Å²) in [5.74, 6) is 0.411. The van der Waals surface area contributed by atoms with Gasteiger partial charge < -0.3 is 15.4 Å². The van der Waals surface area contributed by atoms with Crippen LogP contribution in [0.1, 0.15) is 15.9 Å². The summed E-state index contributed by atoms with van der Waals surface area (Å²) in [6, 6.07) is 14.4. The Labute approximate surface area is 128 Å². The van der Waals surface area contributed by atoms with E-state index in [0.29, 0.717) is 17.7 Å². The number of carbonyl (C=O) groups excluding carboxylic acids is 2. The Balaban J connectivity index is 1.64. The Morgan fingerprint density at radius 2 is 1.82 bits per heavy atom. The Kier molecular flexibility index (Phi) is 3.78. The Bertz CT molecular complexity index is 685. The molecule has 0 radical (unpaired) electrons. The van der Waals surface area contributed by atoms with Crippen molar-refractivity contribution in [2.75, 3.05) is 12.4 Å². The second-order valence-electron chi connectivity index (χ2n) is 5.06. The third kappa shape index (κ3) is 2.79. The highest BCUT2D eigenvalue weighted by molar-refractivity contribution is 5.97. The predicted octanol–water partition coefficient (Wildman–Crippen LogP) is 1.99. The van der Waals surface area contributed by atoms with Crippen molar-refractivity contribution in [1.82, 2.24) is 5.32 Å². The molecule has 0 spiro atoms. The molecule has 22 heavy (non-hydrogen) atoms. The van der Waals surface area contributed by atoms with Gasteiger partial charge in [-0.3, -0.25) is 9.59 Å². The number of para-hydroxylation sites is 1. The smallest absolute Gasteiger partial charge is 0.265 e. The van der Waals surface area contributed by atoms with E-state index in [1.54, 1.807) is 31.3 Å². The van der Waals surface area contributed by atoms with E-state index < -0.39 is 6.10 Å². The highest BCUT2D eigenvalue weighted by atomic mass is 16.5. The average molecular weight is 296 g/mol. The van der Waals surface area contributed by atoms with E-state index in [2.05, 4.69) is 10.6 Å². The van der Waals surface area contributed by atoms with E-state index in [1.807, 2.05) is 24.3 Å². The molecule has 1 aliphatic rings. The first-order valence-electron chi connectivity index (χ1n) is 7.05. The fourth-order valence-electron chi connectivity index (χ4n) is 2.40. The van der Waals surface area contributed by atoms with Gasteiger partial charge in [0.15, 0.2) is 6.10 Å². The van der Waals surface area contributed by atoms with Crippen molar-refractivity contribution in [3.8, 4) is 5.75 Å². The van der Waals surface area contributed by atoms with E-state index in [1.165, 1.54) is 0 Å². The maximum absolute atomic E-state index is 12.2. The molecule has 2 aromatic carbocycles. The van der Waals surface area contributed by atoms with E-state index in [0.717, 1.165) is 11.3 Å². The lowest BCUT2D eigenvalue weighted by Crippen LogP contribution is -2.31. The maximum atomic E-state index is 12.2. The minimum absolute atomic E-state index is 0.160. The van der Waals surface area contributed by atoms with Crippen LogP contribution in [0.25, 0.3) is 0 Å². The first kappa shape index (κ1) is 14.1. The summed E-state index contributed by atoms with van der Waals surface area (Å²) in [4.78, 5) is 23.7. The van der Waals surface area contributed by atoms with Gasteiger partial charge in [-0.15, -0.1) is 0 Å². The number of rotatable bonds is 3. The first-order valence-corrected chi connectivity index (χ1v) is 7.05. The van der Waals surface area contributed by atoms with Gasteiger partial charge in [-0.25, -0.2) is 0 Å². The fraction of sp³-hybridized carbons (Fsp3) is 0.176. The van der Waals surface area contributed by atoms with Gasteiger partial charge in [-0.05, 0) is 35.9 Å². The Morgan fingerprint density at radius 3 is 2.50 bits per heavy atom. The molecule has 0 aromatic heterocycles. The van der Waals surface area contributed by atoms with Crippen LogP contribution < -0.4 is 15.4 Å². The van der Waals surface area contributed by atoms with Gasteiger partial charge in [0, 0.05) is 24.7 Å². The molecule has 2 aromatic rings.